The van der Waals surface area contributed by atoms with Gasteiger partial charge in [0.15, 0.2) is 5.13 Å². The van der Waals surface area contributed by atoms with E-state index in [9.17, 15) is 13.2 Å². The summed E-state index contributed by atoms with van der Waals surface area (Å²) in [6, 6.07) is 15.3. The Bertz CT molecular complexity index is 1250. The number of anilines is 2. The molecule has 9 heteroatoms. The topological polar surface area (TPSA) is 56.3 Å². The predicted molar refractivity (Wildman–Crippen MR) is 119 cm³/mol. The normalized spacial score (nSPS) is 12.1. The van der Waals surface area contributed by atoms with E-state index in [1.807, 2.05) is 24.3 Å². The summed E-state index contributed by atoms with van der Waals surface area (Å²) >= 11 is 1.20. The molecule has 4 aromatic rings. The molecule has 0 radical (unpaired) electrons. The van der Waals surface area contributed by atoms with Crippen LogP contribution in [0.2, 0.25) is 0 Å². The number of aromatic nitrogens is 2. The highest BCUT2D eigenvalue weighted by Crippen LogP contribution is 2.38. The molecule has 5 nitrogen and oxygen atoms in total. The molecule has 4 rings (SSSR count). The van der Waals surface area contributed by atoms with E-state index >= 15 is 0 Å². The molecule has 0 aliphatic heterocycles. The number of benzene rings is 2. The van der Waals surface area contributed by atoms with Crippen LogP contribution < -0.4 is 14.8 Å². The summed E-state index contributed by atoms with van der Waals surface area (Å²) in [6.45, 7) is 6.31. The zero-order valence-corrected chi connectivity index (χ0v) is 18.3. The molecule has 0 saturated heterocycles. The summed E-state index contributed by atoms with van der Waals surface area (Å²) in [5, 5.41) is 3.66. The molecule has 0 atom stereocenters. The summed E-state index contributed by atoms with van der Waals surface area (Å²) in [5.41, 5.74) is 2.05. The van der Waals surface area contributed by atoms with Crippen molar-refractivity contribution in [1.82, 2.24) is 9.97 Å². The number of ether oxygens (including phenoxy) is 2. The monoisotopic (exact) mass is 459 g/mol. The van der Waals surface area contributed by atoms with Gasteiger partial charge in [-0.1, -0.05) is 50.3 Å². The van der Waals surface area contributed by atoms with Crippen LogP contribution in [0.25, 0.3) is 10.2 Å². The lowest BCUT2D eigenvalue weighted by Gasteiger charge is -2.22. The maximum atomic E-state index is 12.5. The van der Waals surface area contributed by atoms with Crippen molar-refractivity contribution in [3.8, 4) is 17.4 Å². The van der Waals surface area contributed by atoms with Crippen LogP contribution in [0.3, 0.4) is 0 Å². The highest BCUT2D eigenvalue weighted by molar-refractivity contribution is 7.22. The van der Waals surface area contributed by atoms with E-state index in [0.29, 0.717) is 32.7 Å². The first kappa shape index (κ1) is 21.9. The molecule has 0 spiro atoms. The molecule has 0 aliphatic carbocycles. The third-order valence-corrected chi connectivity index (χ3v) is 5.44. The number of fused-ring (bicyclic) bond motifs is 1. The Kier molecular flexibility index (Phi) is 5.68. The van der Waals surface area contributed by atoms with Crippen molar-refractivity contribution >= 4 is 32.4 Å². The molecule has 166 valence electrons. The van der Waals surface area contributed by atoms with Gasteiger partial charge in [-0.05, 0) is 35.7 Å². The number of hydrogen-bond acceptors (Lipinski definition) is 6. The number of pyridine rings is 1. The van der Waals surface area contributed by atoms with E-state index in [4.69, 9.17) is 4.74 Å². The second-order valence-electron chi connectivity index (χ2n) is 8.03. The fourth-order valence-corrected chi connectivity index (χ4v) is 4.02. The van der Waals surface area contributed by atoms with Crippen LogP contribution >= 0.6 is 11.3 Å². The largest absolute Gasteiger partial charge is 0.573 e. The first-order chi connectivity index (χ1) is 15.1. The maximum absolute atomic E-state index is 12.5. The summed E-state index contributed by atoms with van der Waals surface area (Å²) in [7, 11) is 0. The maximum Gasteiger partial charge on any atom is 0.573 e. The fraction of sp³-hybridized carbons (Fsp3) is 0.217. The Labute approximate surface area is 186 Å². The van der Waals surface area contributed by atoms with Crippen LogP contribution in [0, 0.1) is 0 Å². The SMILES string of the molecule is CC(C)(C)c1ccccc1Oc1ncccc1Nc1nc2ccc(OC(F)(F)F)cc2s1. The molecular formula is C23H20F3N3O2S. The van der Waals surface area contributed by atoms with Crippen molar-refractivity contribution in [1.29, 1.82) is 0 Å². The van der Waals surface area contributed by atoms with E-state index in [1.54, 1.807) is 18.3 Å². The lowest BCUT2D eigenvalue weighted by molar-refractivity contribution is -0.274. The van der Waals surface area contributed by atoms with E-state index in [2.05, 4.69) is 40.8 Å². The molecule has 0 aliphatic rings. The Hall–Kier alpha value is -3.33. The van der Waals surface area contributed by atoms with Crippen LogP contribution in [0.5, 0.6) is 17.4 Å². The lowest BCUT2D eigenvalue weighted by atomic mass is 9.86. The number of halogens is 3. The number of thiazole rings is 1. The summed E-state index contributed by atoms with van der Waals surface area (Å²) in [6.07, 6.45) is -3.12. The number of para-hydroxylation sites is 1. The first-order valence-electron chi connectivity index (χ1n) is 9.74. The number of nitrogens with zero attached hydrogens (tertiary/aromatic N) is 2. The second-order valence-corrected chi connectivity index (χ2v) is 9.06. The molecule has 1 N–H and O–H groups in total. The highest BCUT2D eigenvalue weighted by Gasteiger charge is 2.31. The first-order valence-corrected chi connectivity index (χ1v) is 10.6. The summed E-state index contributed by atoms with van der Waals surface area (Å²) < 4.78 is 48.2. The van der Waals surface area contributed by atoms with Gasteiger partial charge in [0, 0.05) is 17.8 Å². The Morgan fingerprint density at radius 3 is 2.50 bits per heavy atom. The standard InChI is InChI=1S/C23H20F3N3O2S/c1-22(2,3)15-7-4-5-9-18(15)30-20-17(8-6-12-27-20)29-21-28-16-11-10-14(13-19(16)32-21)31-23(24,25)26/h4-13H,1-3H3,(H,28,29). The van der Waals surface area contributed by atoms with Crippen molar-refractivity contribution in [2.45, 2.75) is 32.5 Å². The van der Waals surface area contributed by atoms with Gasteiger partial charge in [-0.25, -0.2) is 9.97 Å². The van der Waals surface area contributed by atoms with Crippen molar-refractivity contribution < 1.29 is 22.6 Å². The van der Waals surface area contributed by atoms with Crippen molar-refractivity contribution in [2.24, 2.45) is 0 Å². The van der Waals surface area contributed by atoms with Gasteiger partial charge in [-0.2, -0.15) is 0 Å². The van der Waals surface area contributed by atoms with Gasteiger partial charge in [0.1, 0.15) is 17.2 Å². The molecule has 0 amide bonds. The van der Waals surface area contributed by atoms with E-state index in [-0.39, 0.29) is 11.2 Å². The van der Waals surface area contributed by atoms with Crippen LogP contribution in [0.4, 0.5) is 24.0 Å². The van der Waals surface area contributed by atoms with Gasteiger partial charge in [0.05, 0.1) is 10.2 Å². The third kappa shape index (κ3) is 5.11. The second kappa shape index (κ2) is 8.31. The highest BCUT2D eigenvalue weighted by atomic mass is 32.1. The number of nitrogens with one attached hydrogen (secondary N) is 1. The van der Waals surface area contributed by atoms with Crippen LogP contribution in [0.15, 0.2) is 60.8 Å². The average molecular weight is 459 g/mol. The van der Waals surface area contributed by atoms with E-state index in [0.717, 1.165) is 5.56 Å². The molecule has 0 bridgehead atoms. The number of alkyl halides is 3. The third-order valence-electron chi connectivity index (χ3n) is 4.51. The quantitative estimate of drug-likeness (QED) is 0.336. The Morgan fingerprint density at radius 2 is 1.75 bits per heavy atom. The molecule has 0 saturated carbocycles. The molecule has 2 aromatic carbocycles. The minimum absolute atomic E-state index is 0.123. The fourth-order valence-electron chi connectivity index (χ4n) is 3.12. The average Bonchev–Trinajstić information content (AvgIpc) is 3.09. The van der Waals surface area contributed by atoms with Crippen molar-refractivity contribution in [3.63, 3.8) is 0 Å². The molecule has 32 heavy (non-hydrogen) atoms. The zero-order chi connectivity index (χ0) is 22.9. The van der Waals surface area contributed by atoms with E-state index < -0.39 is 6.36 Å². The Balaban J connectivity index is 1.61. The van der Waals surface area contributed by atoms with Gasteiger partial charge in [0.25, 0.3) is 0 Å². The Morgan fingerprint density at radius 1 is 0.969 bits per heavy atom. The summed E-state index contributed by atoms with van der Waals surface area (Å²) in [4.78, 5) is 8.79. The molecule has 0 unspecified atom stereocenters. The number of hydrogen-bond donors (Lipinski definition) is 1. The van der Waals surface area contributed by atoms with Gasteiger partial charge in [-0.15, -0.1) is 13.2 Å². The van der Waals surface area contributed by atoms with Gasteiger partial charge >= 0.3 is 6.36 Å². The molecular weight excluding hydrogens is 439 g/mol. The summed E-state index contributed by atoms with van der Waals surface area (Å²) in [5.74, 6) is 0.772. The van der Waals surface area contributed by atoms with Crippen molar-refractivity contribution in [3.05, 3.63) is 66.4 Å². The van der Waals surface area contributed by atoms with E-state index in [1.165, 1.54) is 29.5 Å². The minimum Gasteiger partial charge on any atom is -0.437 e. The lowest BCUT2D eigenvalue weighted by Crippen LogP contribution is -2.16. The van der Waals surface area contributed by atoms with Gasteiger partial charge < -0.3 is 14.8 Å². The zero-order valence-electron chi connectivity index (χ0n) is 17.5. The van der Waals surface area contributed by atoms with Crippen LogP contribution in [0.1, 0.15) is 26.3 Å². The predicted octanol–water partition coefficient (Wildman–Crippen LogP) is 7.42. The molecule has 0 fully saturated rings. The van der Waals surface area contributed by atoms with Crippen LogP contribution in [-0.2, 0) is 5.41 Å². The van der Waals surface area contributed by atoms with Crippen molar-refractivity contribution in [2.75, 3.05) is 5.32 Å². The van der Waals surface area contributed by atoms with Gasteiger partial charge in [0.2, 0.25) is 5.88 Å². The van der Waals surface area contributed by atoms with Gasteiger partial charge in [-0.3, -0.25) is 0 Å². The number of rotatable bonds is 5. The molecule has 2 aromatic heterocycles. The smallest absolute Gasteiger partial charge is 0.437 e. The molecule has 2 heterocycles. The van der Waals surface area contributed by atoms with Crippen LogP contribution in [-0.4, -0.2) is 16.3 Å². The minimum atomic E-state index is -4.75.